The lowest BCUT2D eigenvalue weighted by Gasteiger charge is -2.09. The van der Waals surface area contributed by atoms with Crippen LogP contribution < -0.4 is 10.0 Å². The van der Waals surface area contributed by atoms with Crippen LogP contribution >= 0.6 is 23.2 Å². The average molecular weight is 415 g/mol. The van der Waals surface area contributed by atoms with Crippen LogP contribution in [0.3, 0.4) is 0 Å². The van der Waals surface area contributed by atoms with E-state index in [-0.39, 0.29) is 30.3 Å². The van der Waals surface area contributed by atoms with Crippen LogP contribution in [0.4, 0.5) is 0 Å². The Balaban J connectivity index is 1.74. The maximum atomic E-state index is 12.1. The predicted molar refractivity (Wildman–Crippen MR) is 104 cm³/mol. The van der Waals surface area contributed by atoms with Gasteiger partial charge in [-0.2, -0.15) is 0 Å². The van der Waals surface area contributed by atoms with Gasteiger partial charge in [-0.25, -0.2) is 13.1 Å². The molecule has 0 aliphatic heterocycles. The quantitative estimate of drug-likeness (QED) is 0.650. The van der Waals surface area contributed by atoms with Gasteiger partial charge in [0.2, 0.25) is 15.9 Å². The molecule has 0 heterocycles. The van der Waals surface area contributed by atoms with Crippen molar-refractivity contribution in [1.82, 2.24) is 10.0 Å². The summed E-state index contributed by atoms with van der Waals surface area (Å²) < 4.78 is 26.7. The van der Waals surface area contributed by atoms with Gasteiger partial charge in [-0.05, 0) is 37.1 Å². The van der Waals surface area contributed by atoms with Gasteiger partial charge in [-0.15, -0.1) is 0 Å². The van der Waals surface area contributed by atoms with Crippen LogP contribution in [-0.4, -0.2) is 27.4 Å². The van der Waals surface area contributed by atoms with Gasteiger partial charge < -0.3 is 5.32 Å². The number of aryl methyl sites for hydroxylation is 2. The molecule has 0 atom stereocenters. The number of carbonyl (C=O) groups excluding carboxylic acids is 1. The van der Waals surface area contributed by atoms with Crippen LogP contribution in [0.15, 0.2) is 47.4 Å². The van der Waals surface area contributed by atoms with Crippen molar-refractivity contribution in [2.24, 2.45) is 0 Å². The van der Waals surface area contributed by atoms with E-state index in [1.807, 2.05) is 13.0 Å². The minimum atomic E-state index is -3.57. The van der Waals surface area contributed by atoms with E-state index < -0.39 is 10.0 Å². The van der Waals surface area contributed by atoms with E-state index in [2.05, 4.69) is 10.0 Å². The summed E-state index contributed by atoms with van der Waals surface area (Å²) in [5, 5.41) is 3.58. The highest BCUT2D eigenvalue weighted by atomic mass is 35.5. The van der Waals surface area contributed by atoms with Crippen molar-refractivity contribution in [2.45, 2.75) is 24.7 Å². The first-order chi connectivity index (χ1) is 12.3. The van der Waals surface area contributed by atoms with Gasteiger partial charge in [0, 0.05) is 19.5 Å². The third kappa shape index (κ3) is 5.99. The number of hydrogen-bond acceptors (Lipinski definition) is 3. The molecule has 0 fully saturated rings. The first-order valence-corrected chi connectivity index (χ1v) is 10.3. The monoisotopic (exact) mass is 414 g/mol. The molecule has 2 N–H and O–H groups in total. The molecule has 0 unspecified atom stereocenters. The molecule has 0 saturated carbocycles. The molecule has 0 aliphatic rings. The Hall–Kier alpha value is -1.60. The minimum absolute atomic E-state index is 0.111. The van der Waals surface area contributed by atoms with Gasteiger partial charge in [0.15, 0.2) is 0 Å². The Morgan fingerprint density at radius 1 is 1.04 bits per heavy atom. The zero-order valence-corrected chi connectivity index (χ0v) is 16.6. The van der Waals surface area contributed by atoms with Crippen molar-refractivity contribution in [2.75, 3.05) is 13.1 Å². The van der Waals surface area contributed by atoms with Crippen molar-refractivity contribution >= 4 is 39.1 Å². The topological polar surface area (TPSA) is 75.3 Å². The second-order valence-corrected chi connectivity index (χ2v) is 8.33. The zero-order valence-electron chi connectivity index (χ0n) is 14.3. The Bertz CT molecular complexity index is 869. The van der Waals surface area contributed by atoms with E-state index in [1.54, 1.807) is 36.4 Å². The first-order valence-electron chi connectivity index (χ1n) is 8.05. The molecule has 26 heavy (non-hydrogen) atoms. The molecular weight excluding hydrogens is 395 g/mol. The maximum Gasteiger partial charge on any atom is 0.240 e. The number of benzene rings is 2. The number of hydrogen-bond donors (Lipinski definition) is 2. The largest absolute Gasteiger partial charge is 0.355 e. The fourth-order valence-corrected chi connectivity index (χ4v) is 3.71. The third-order valence-electron chi connectivity index (χ3n) is 3.72. The molecule has 140 valence electrons. The Labute approximate surface area is 163 Å². The molecule has 0 bridgehead atoms. The molecule has 8 heteroatoms. The predicted octanol–water partition coefficient (Wildman–Crippen LogP) is 3.33. The van der Waals surface area contributed by atoms with Gasteiger partial charge in [0.25, 0.3) is 0 Å². The third-order valence-corrected chi connectivity index (χ3v) is 6.06. The summed E-state index contributed by atoms with van der Waals surface area (Å²) in [5.74, 6) is -0.185. The highest BCUT2D eigenvalue weighted by Crippen LogP contribution is 2.26. The molecule has 0 spiro atoms. The SMILES string of the molecule is Cc1ccc(S(=O)(=O)NCCNC(=O)CCc2cccc(Cl)c2Cl)cc1. The molecule has 5 nitrogen and oxygen atoms in total. The molecule has 0 aliphatic carbocycles. The van der Waals surface area contributed by atoms with Crippen LogP contribution in [0.2, 0.25) is 10.0 Å². The summed E-state index contributed by atoms with van der Waals surface area (Å²) in [4.78, 5) is 12.1. The van der Waals surface area contributed by atoms with Gasteiger partial charge in [0.05, 0.1) is 14.9 Å². The number of amides is 1. The summed E-state index contributed by atoms with van der Waals surface area (Å²) in [5.41, 5.74) is 1.78. The summed E-state index contributed by atoms with van der Waals surface area (Å²) in [6.45, 7) is 2.20. The standard InChI is InChI=1S/C18H20Cl2N2O3S/c1-13-5-8-15(9-6-13)26(24,25)22-12-11-21-17(23)10-7-14-3-2-4-16(19)18(14)20/h2-6,8-9,22H,7,10-12H2,1H3,(H,21,23). The van der Waals surface area contributed by atoms with Gasteiger partial charge in [0.1, 0.15) is 0 Å². The molecular formula is C18H20Cl2N2O3S. The van der Waals surface area contributed by atoms with Crippen LogP contribution in [0, 0.1) is 6.92 Å². The lowest BCUT2D eigenvalue weighted by atomic mass is 10.1. The lowest BCUT2D eigenvalue weighted by molar-refractivity contribution is -0.121. The first kappa shape index (κ1) is 20.7. The van der Waals surface area contributed by atoms with Gasteiger partial charge in [-0.1, -0.05) is 53.0 Å². The molecule has 2 aromatic rings. The number of nitrogens with one attached hydrogen (secondary N) is 2. The Kier molecular flexibility index (Phi) is 7.46. The Morgan fingerprint density at radius 3 is 2.42 bits per heavy atom. The van der Waals surface area contributed by atoms with Crippen molar-refractivity contribution in [3.05, 3.63) is 63.6 Å². The fourth-order valence-electron chi connectivity index (χ4n) is 2.27. The van der Waals surface area contributed by atoms with Crippen LogP contribution in [0.1, 0.15) is 17.5 Å². The van der Waals surface area contributed by atoms with E-state index in [1.165, 1.54) is 0 Å². The smallest absolute Gasteiger partial charge is 0.240 e. The van der Waals surface area contributed by atoms with Gasteiger partial charge in [-0.3, -0.25) is 4.79 Å². The second kappa shape index (κ2) is 9.37. The lowest BCUT2D eigenvalue weighted by Crippen LogP contribution is -2.34. The number of rotatable bonds is 8. The summed E-state index contributed by atoms with van der Waals surface area (Å²) in [6.07, 6.45) is 0.699. The maximum absolute atomic E-state index is 12.1. The van der Waals surface area contributed by atoms with E-state index in [4.69, 9.17) is 23.2 Å². The van der Waals surface area contributed by atoms with Crippen molar-refractivity contribution in [1.29, 1.82) is 0 Å². The van der Waals surface area contributed by atoms with E-state index in [0.717, 1.165) is 11.1 Å². The summed E-state index contributed by atoms with van der Waals surface area (Å²) >= 11 is 12.0. The normalized spacial score (nSPS) is 11.3. The van der Waals surface area contributed by atoms with E-state index in [9.17, 15) is 13.2 Å². The zero-order chi connectivity index (χ0) is 19.2. The van der Waals surface area contributed by atoms with E-state index in [0.29, 0.717) is 16.5 Å². The molecule has 2 aromatic carbocycles. The minimum Gasteiger partial charge on any atom is -0.355 e. The molecule has 0 saturated heterocycles. The van der Waals surface area contributed by atoms with Gasteiger partial charge >= 0.3 is 0 Å². The highest BCUT2D eigenvalue weighted by Gasteiger charge is 2.13. The number of halogens is 2. The van der Waals surface area contributed by atoms with E-state index >= 15 is 0 Å². The number of carbonyl (C=O) groups is 1. The highest BCUT2D eigenvalue weighted by molar-refractivity contribution is 7.89. The molecule has 2 rings (SSSR count). The fraction of sp³-hybridized carbons (Fsp3) is 0.278. The summed E-state index contributed by atoms with van der Waals surface area (Å²) in [6, 6.07) is 11.8. The molecule has 0 aromatic heterocycles. The van der Waals surface area contributed by atoms with Crippen molar-refractivity contribution < 1.29 is 13.2 Å². The Morgan fingerprint density at radius 2 is 1.73 bits per heavy atom. The van der Waals surface area contributed by atoms with Crippen LogP contribution in [-0.2, 0) is 21.2 Å². The number of sulfonamides is 1. The average Bonchev–Trinajstić information content (AvgIpc) is 2.60. The van der Waals surface area contributed by atoms with Crippen molar-refractivity contribution in [3.63, 3.8) is 0 Å². The van der Waals surface area contributed by atoms with Crippen LogP contribution in [0.5, 0.6) is 0 Å². The van der Waals surface area contributed by atoms with Crippen LogP contribution in [0.25, 0.3) is 0 Å². The second-order valence-electron chi connectivity index (χ2n) is 5.77. The molecule has 0 radical (unpaired) electrons. The summed E-state index contributed by atoms with van der Waals surface area (Å²) in [7, 11) is -3.57. The molecule has 1 amide bonds. The van der Waals surface area contributed by atoms with Crippen molar-refractivity contribution in [3.8, 4) is 0 Å².